The molecule has 0 bridgehead atoms. The van der Waals surface area contributed by atoms with Crippen LogP contribution >= 0.6 is 0 Å². The molecule has 3 heterocycles. The molecule has 226 valence electrons. The van der Waals surface area contributed by atoms with E-state index in [0.29, 0.717) is 31.0 Å². The molecule has 9 nitrogen and oxygen atoms in total. The van der Waals surface area contributed by atoms with Gasteiger partial charge in [-0.3, -0.25) is 0 Å². The van der Waals surface area contributed by atoms with Gasteiger partial charge in [0.05, 0.1) is 17.7 Å². The highest BCUT2D eigenvalue weighted by Gasteiger charge is 2.19. The molecule has 1 saturated heterocycles. The van der Waals surface area contributed by atoms with Gasteiger partial charge in [-0.05, 0) is 78.1 Å². The number of aliphatic hydroxyl groups excluding tert-OH is 2. The van der Waals surface area contributed by atoms with E-state index >= 15 is 0 Å². The molecule has 0 saturated carbocycles. The van der Waals surface area contributed by atoms with E-state index in [9.17, 15) is 14.6 Å². The Morgan fingerprint density at radius 2 is 1.86 bits per heavy atom. The van der Waals surface area contributed by atoms with Crippen molar-refractivity contribution in [2.24, 2.45) is 0 Å². The van der Waals surface area contributed by atoms with Crippen LogP contribution in [0.3, 0.4) is 0 Å². The molecule has 1 atom stereocenters. The van der Waals surface area contributed by atoms with E-state index in [1.807, 2.05) is 59.4 Å². The van der Waals surface area contributed by atoms with Crippen LogP contribution in [0, 0.1) is 11.2 Å². The fraction of sp³-hybridized carbons (Fsp3) is 0.265. The standard InChI is InChI=1S/C34H36FN7O2/c35-27-3-1-2-23(14-27)18-37-32-7-5-28(15-26(32)17-36)40-34-31-16-24(4-6-33(31)38-22-39-34)25-8-11-42(19-25)21-30(44)20-41-12-9-29(43)10-13-41/h1-8,11,14-17,19,22,29-30,36-37,43-44H,9-10,12-13,18,20-21H2,(H,38,39,40). The highest BCUT2D eigenvalue weighted by atomic mass is 19.1. The van der Waals surface area contributed by atoms with Crippen molar-refractivity contribution in [1.29, 1.82) is 5.41 Å². The second kappa shape index (κ2) is 13.3. The molecule has 2 aromatic heterocycles. The molecule has 5 N–H and O–H groups in total. The SMILES string of the molecule is N=Cc1cc(Nc2ncnc3ccc(-c4ccn(CC(O)CN5CCC(O)CC5)c4)cc23)ccc1NCc1cccc(F)c1. The summed E-state index contributed by atoms with van der Waals surface area (Å²) in [7, 11) is 0. The first kappa shape index (κ1) is 29.4. The van der Waals surface area contributed by atoms with Crippen molar-refractivity contribution < 1.29 is 14.6 Å². The lowest BCUT2D eigenvalue weighted by molar-refractivity contribution is 0.0459. The van der Waals surface area contributed by atoms with Crippen LogP contribution in [0.2, 0.25) is 0 Å². The largest absolute Gasteiger partial charge is 0.393 e. The van der Waals surface area contributed by atoms with Gasteiger partial charge < -0.3 is 35.7 Å². The average Bonchev–Trinajstić information content (AvgIpc) is 3.49. The number of aliphatic hydroxyl groups is 2. The van der Waals surface area contributed by atoms with Gasteiger partial charge in [0.1, 0.15) is 18.0 Å². The number of β-amino-alcohol motifs (C(OH)–C–C–N with tert-alkyl or cyclic N) is 1. The maximum absolute atomic E-state index is 13.6. The number of piperidine rings is 1. The molecule has 0 aliphatic carbocycles. The van der Waals surface area contributed by atoms with Gasteiger partial charge in [-0.1, -0.05) is 18.2 Å². The van der Waals surface area contributed by atoms with Crippen LogP contribution in [0.15, 0.2) is 85.5 Å². The Morgan fingerprint density at radius 1 is 1.00 bits per heavy atom. The first-order valence-electron chi connectivity index (χ1n) is 14.8. The van der Waals surface area contributed by atoms with Gasteiger partial charge in [0.2, 0.25) is 0 Å². The number of rotatable bonds is 11. The van der Waals surface area contributed by atoms with Gasteiger partial charge in [0.15, 0.2) is 0 Å². The van der Waals surface area contributed by atoms with Crippen LogP contribution in [-0.4, -0.2) is 67.7 Å². The van der Waals surface area contributed by atoms with Crippen LogP contribution in [0.4, 0.5) is 21.6 Å². The lowest BCUT2D eigenvalue weighted by Crippen LogP contribution is -2.41. The summed E-state index contributed by atoms with van der Waals surface area (Å²) >= 11 is 0. The molecule has 1 aliphatic heterocycles. The number of benzene rings is 3. The number of halogens is 1. The van der Waals surface area contributed by atoms with E-state index in [1.165, 1.54) is 24.7 Å². The minimum absolute atomic E-state index is 0.222. The normalized spacial score (nSPS) is 14.9. The Kier molecular flexibility index (Phi) is 8.92. The number of aromatic nitrogens is 3. The molecule has 5 aromatic rings. The third-order valence-electron chi connectivity index (χ3n) is 8.01. The predicted octanol–water partition coefficient (Wildman–Crippen LogP) is 5.41. The average molecular weight is 594 g/mol. The second-order valence-corrected chi connectivity index (χ2v) is 11.3. The van der Waals surface area contributed by atoms with E-state index in [-0.39, 0.29) is 11.9 Å². The summed E-state index contributed by atoms with van der Waals surface area (Å²) in [5.74, 6) is 0.369. The van der Waals surface area contributed by atoms with Crippen molar-refractivity contribution >= 4 is 34.3 Å². The summed E-state index contributed by atoms with van der Waals surface area (Å²) in [5.41, 5.74) is 5.88. The summed E-state index contributed by atoms with van der Waals surface area (Å²) in [5, 5.41) is 35.9. The minimum Gasteiger partial charge on any atom is -0.393 e. The first-order chi connectivity index (χ1) is 21.4. The summed E-state index contributed by atoms with van der Waals surface area (Å²) in [6.45, 7) is 3.14. The molecule has 0 spiro atoms. The van der Waals surface area contributed by atoms with Crippen LogP contribution in [-0.2, 0) is 13.1 Å². The Morgan fingerprint density at radius 3 is 2.68 bits per heavy atom. The molecule has 44 heavy (non-hydrogen) atoms. The number of fused-ring (bicyclic) bond motifs is 1. The molecule has 3 aromatic carbocycles. The number of hydrogen-bond donors (Lipinski definition) is 5. The maximum Gasteiger partial charge on any atom is 0.141 e. The fourth-order valence-electron chi connectivity index (χ4n) is 5.66. The van der Waals surface area contributed by atoms with Gasteiger partial charge in [0.25, 0.3) is 0 Å². The number of likely N-dealkylation sites (tertiary alicyclic amines) is 1. The highest BCUT2D eigenvalue weighted by molar-refractivity contribution is 5.94. The van der Waals surface area contributed by atoms with Gasteiger partial charge in [0, 0.05) is 73.7 Å². The lowest BCUT2D eigenvalue weighted by atomic mass is 10.1. The van der Waals surface area contributed by atoms with E-state index in [2.05, 4.69) is 31.6 Å². The van der Waals surface area contributed by atoms with Gasteiger partial charge in [-0.25, -0.2) is 14.4 Å². The van der Waals surface area contributed by atoms with Crippen molar-refractivity contribution in [3.05, 3.63) is 102 Å². The van der Waals surface area contributed by atoms with Crippen molar-refractivity contribution in [2.75, 3.05) is 30.3 Å². The van der Waals surface area contributed by atoms with Crippen LogP contribution in [0.25, 0.3) is 22.0 Å². The molecule has 10 heteroatoms. The van der Waals surface area contributed by atoms with Crippen molar-refractivity contribution in [1.82, 2.24) is 19.4 Å². The number of hydrogen-bond acceptors (Lipinski definition) is 8. The second-order valence-electron chi connectivity index (χ2n) is 11.3. The van der Waals surface area contributed by atoms with E-state index in [4.69, 9.17) is 5.41 Å². The zero-order valence-corrected chi connectivity index (χ0v) is 24.3. The molecular weight excluding hydrogens is 557 g/mol. The van der Waals surface area contributed by atoms with Crippen molar-refractivity contribution in [2.45, 2.75) is 38.1 Å². The molecule has 0 radical (unpaired) electrons. The topological polar surface area (TPSA) is 122 Å². The molecule has 1 unspecified atom stereocenters. The Balaban J connectivity index is 1.15. The van der Waals surface area contributed by atoms with Crippen LogP contribution in [0.1, 0.15) is 24.0 Å². The van der Waals surface area contributed by atoms with Crippen molar-refractivity contribution in [3.63, 3.8) is 0 Å². The molecule has 0 amide bonds. The Hall–Kier alpha value is -4.64. The number of nitrogens with one attached hydrogen (secondary N) is 3. The summed E-state index contributed by atoms with van der Waals surface area (Å²) in [6, 6.07) is 20.2. The summed E-state index contributed by atoms with van der Waals surface area (Å²) in [6.07, 6.45) is 7.62. The Bertz CT molecular complexity index is 1750. The van der Waals surface area contributed by atoms with Crippen LogP contribution < -0.4 is 10.6 Å². The van der Waals surface area contributed by atoms with Gasteiger partial charge in [-0.15, -0.1) is 0 Å². The smallest absolute Gasteiger partial charge is 0.141 e. The zero-order chi connectivity index (χ0) is 30.5. The van der Waals surface area contributed by atoms with E-state index in [0.717, 1.165) is 64.9 Å². The Labute approximate surface area is 255 Å². The molecular formula is C34H36FN7O2. The maximum atomic E-state index is 13.6. The first-order valence-corrected chi connectivity index (χ1v) is 14.8. The monoisotopic (exact) mass is 593 g/mol. The molecule has 1 fully saturated rings. The highest BCUT2D eigenvalue weighted by Crippen LogP contribution is 2.30. The van der Waals surface area contributed by atoms with Gasteiger partial charge >= 0.3 is 0 Å². The summed E-state index contributed by atoms with van der Waals surface area (Å²) < 4.78 is 15.6. The number of anilines is 3. The fourth-order valence-corrected chi connectivity index (χ4v) is 5.66. The third kappa shape index (κ3) is 7.11. The number of nitrogens with zero attached hydrogens (tertiary/aromatic N) is 4. The molecule has 1 aliphatic rings. The predicted molar refractivity (Wildman–Crippen MR) is 172 cm³/mol. The summed E-state index contributed by atoms with van der Waals surface area (Å²) in [4.78, 5) is 11.2. The van der Waals surface area contributed by atoms with Crippen LogP contribution in [0.5, 0.6) is 0 Å². The minimum atomic E-state index is -0.500. The van der Waals surface area contributed by atoms with Gasteiger partial charge in [-0.2, -0.15) is 0 Å². The lowest BCUT2D eigenvalue weighted by Gasteiger charge is -2.31. The molecule has 6 rings (SSSR count). The third-order valence-corrected chi connectivity index (χ3v) is 8.01. The van der Waals surface area contributed by atoms with E-state index in [1.54, 1.807) is 6.07 Å². The quantitative estimate of drug-likeness (QED) is 0.130. The zero-order valence-electron chi connectivity index (χ0n) is 24.3. The van der Waals surface area contributed by atoms with E-state index < -0.39 is 6.10 Å². The van der Waals surface area contributed by atoms with Crippen molar-refractivity contribution in [3.8, 4) is 11.1 Å².